The summed E-state index contributed by atoms with van der Waals surface area (Å²) >= 11 is 5.79. The van der Waals surface area contributed by atoms with Crippen molar-refractivity contribution in [3.63, 3.8) is 0 Å². The number of hydrogen-bond acceptors (Lipinski definition) is 3. The Morgan fingerprint density at radius 2 is 1.62 bits per heavy atom. The third-order valence-electron chi connectivity index (χ3n) is 2.83. The van der Waals surface area contributed by atoms with Gasteiger partial charge in [0.25, 0.3) is 0 Å². The molecule has 3 nitrogen and oxygen atoms in total. The number of rotatable bonds is 2. The second kappa shape index (κ2) is 5.21. The van der Waals surface area contributed by atoms with Gasteiger partial charge in [-0.2, -0.15) is 4.98 Å². The van der Waals surface area contributed by atoms with Gasteiger partial charge in [-0.3, -0.25) is 0 Å². The molecular formula is C14H7ClF3N3. The molecule has 1 aromatic heterocycles. The number of aromatic nitrogens is 2. The highest BCUT2D eigenvalue weighted by atomic mass is 35.5. The molecule has 0 aliphatic heterocycles. The minimum absolute atomic E-state index is 0.0703. The summed E-state index contributed by atoms with van der Waals surface area (Å²) in [5, 5.41) is 2.96. The van der Waals surface area contributed by atoms with Crippen molar-refractivity contribution >= 4 is 34.0 Å². The molecule has 0 saturated heterocycles. The summed E-state index contributed by atoms with van der Waals surface area (Å²) in [6, 6.07) is 7.99. The quantitative estimate of drug-likeness (QED) is 0.711. The average Bonchev–Trinajstić information content (AvgIpc) is 2.42. The molecule has 0 unspecified atom stereocenters. The lowest BCUT2D eigenvalue weighted by molar-refractivity contribution is 0.549. The summed E-state index contributed by atoms with van der Waals surface area (Å²) in [5.74, 6) is -2.99. The fraction of sp³-hybridized carbons (Fsp3) is 0. The van der Waals surface area contributed by atoms with Crippen LogP contribution in [0.4, 0.5) is 24.7 Å². The van der Waals surface area contributed by atoms with Crippen molar-refractivity contribution < 1.29 is 13.2 Å². The van der Waals surface area contributed by atoms with Crippen LogP contribution in [0.25, 0.3) is 10.9 Å². The monoisotopic (exact) mass is 309 g/mol. The molecule has 0 spiro atoms. The van der Waals surface area contributed by atoms with Crippen LogP contribution in [-0.4, -0.2) is 9.97 Å². The molecule has 0 aliphatic rings. The Hall–Kier alpha value is -2.34. The topological polar surface area (TPSA) is 37.8 Å². The first kappa shape index (κ1) is 13.6. The molecule has 3 rings (SSSR count). The molecule has 1 heterocycles. The average molecular weight is 310 g/mol. The Morgan fingerprint density at radius 3 is 2.33 bits per heavy atom. The highest BCUT2D eigenvalue weighted by Crippen LogP contribution is 2.28. The Labute approximate surface area is 122 Å². The van der Waals surface area contributed by atoms with Gasteiger partial charge in [-0.1, -0.05) is 12.1 Å². The predicted molar refractivity (Wildman–Crippen MR) is 74.1 cm³/mol. The molecule has 7 heteroatoms. The second-order valence-corrected chi connectivity index (χ2v) is 4.57. The van der Waals surface area contributed by atoms with E-state index in [-0.39, 0.29) is 11.1 Å². The van der Waals surface area contributed by atoms with E-state index in [4.69, 9.17) is 11.6 Å². The zero-order chi connectivity index (χ0) is 15.0. The smallest absolute Gasteiger partial charge is 0.224 e. The Bertz CT molecular complexity index is 816. The number of hydrogen-bond donors (Lipinski definition) is 1. The van der Waals surface area contributed by atoms with Crippen molar-refractivity contribution in [2.75, 3.05) is 5.32 Å². The maximum absolute atomic E-state index is 13.7. The molecular weight excluding hydrogens is 303 g/mol. The maximum atomic E-state index is 13.7. The van der Waals surface area contributed by atoms with Crippen molar-refractivity contribution in [1.29, 1.82) is 0 Å². The second-order valence-electron chi connectivity index (χ2n) is 4.23. The molecule has 0 radical (unpaired) electrons. The van der Waals surface area contributed by atoms with Gasteiger partial charge in [0.15, 0.2) is 11.6 Å². The molecule has 3 aromatic rings. The van der Waals surface area contributed by atoms with Crippen molar-refractivity contribution in [3.05, 3.63) is 59.1 Å². The lowest BCUT2D eigenvalue weighted by atomic mass is 10.2. The predicted octanol–water partition coefficient (Wildman–Crippen LogP) is 4.44. The Kier molecular flexibility index (Phi) is 3.39. The van der Waals surface area contributed by atoms with Gasteiger partial charge in [-0.25, -0.2) is 18.2 Å². The highest BCUT2D eigenvalue weighted by molar-refractivity contribution is 6.28. The number of para-hydroxylation sites is 1. The first-order chi connectivity index (χ1) is 10.0. The summed E-state index contributed by atoms with van der Waals surface area (Å²) in [6.07, 6.45) is 0. The molecule has 106 valence electrons. The summed E-state index contributed by atoms with van der Waals surface area (Å²) < 4.78 is 40.3. The minimum atomic E-state index is -1.06. The fourth-order valence-electron chi connectivity index (χ4n) is 1.92. The van der Waals surface area contributed by atoms with E-state index < -0.39 is 23.1 Å². The van der Waals surface area contributed by atoms with Gasteiger partial charge in [-0.05, 0) is 23.7 Å². The summed E-state index contributed by atoms with van der Waals surface area (Å²) in [4.78, 5) is 7.92. The zero-order valence-corrected chi connectivity index (χ0v) is 11.1. The molecule has 0 fully saturated rings. The number of halogens is 4. The number of benzene rings is 2. The minimum Gasteiger partial charge on any atom is -0.335 e. The van der Waals surface area contributed by atoms with Gasteiger partial charge >= 0.3 is 0 Å². The first-order valence-electron chi connectivity index (χ1n) is 5.88. The number of fused-ring (bicyclic) bond motifs is 1. The van der Waals surface area contributed by atoms with E-state index in [0.29, 0.717) is 23.0 Å². The molecule has 0 amide bonds. The third-order valence-corrected chi connectivity index (χ3v) is 3.00. The van der Waals surface area contributed by atoms with Gasteiger partial charge < -0.3 is 5.32 Å². The number of nitrogens with one attached hydrogen (secondary N) is 1. The number of anilines is 2. The van der Waals surface area contributed by atoms with Gasteiger partial charge in [0.1, 0.15) is 17.3 Å². The normalized spacial score (nSPS) is 10.9. The molecule has 0 atom stereocenters. The van der Waals surface area contributed by atoms with Crippen LogP contribution in [0.3, 0.4) is 0 Å². The van der Waals surface area contributed by atoms with Crippen molar-refractivity contribution in [2.24, 2.45) is 0 Å². The van der Waals surface area contributed by atoms with Crippen molar-refractivity contribution in [3.8, 4) is 0 Å². The lowest BCUT2D eigenvalue weighted by Crippen LogP contribution is -2.02. The van der Waals surface area contributed by atoms with Crippen molar-refractivity contribution in [1.82, 2.24) is 9.97 Å². The third kappa shape index (κ3) is 2.62. The van der Waals surface area contributed by atoms with E-state index in [2.05, 4.69) is 15.3 Å². The van der Waals surface area contributed by atoms with Crippen LogP contribution in [0.1, 0.15) is 0 Å². The summed E-state index contributed by atoms with van der Waals surface area (Å²) in [6.45, 7) is 0. The van der Waals surface area contributed by atoms with Crippen LogP contribution in [-0.2, 0) is 0 Å². The molecule has 1 N–H and O–H groups in total. The van der Waals surface area contributed by atoms with Crippen molar-refractivity contribution in [2.45, 2.75) is 0 Å². The zero-order valence-electron chi connectivity index (χ0n) is 10.4. The van der Waals surface area contributed by atoms with Crippen LogP contribution in [0.5, 0.6) is 0 Å². The SMILES string of the molecule is Fc1cc(F)c(Nc2nc(Cl)nc3ccccc23)c(F)c1. The molecule has 0 aliphatic carbocycles. The van der Waals surface area contributed by atoms with Gasteiger partial charge in [-0.15, -0.1) is 0 Å². The van der Waals surface area contributed by atoms with E-state index in [0.717, 1.165) is 0 Å². The molecule has 0 saturated carbocycles. The van der Waals surface area contributed by atoms with Gasteiger partial charge in [0.05, 0.1) is 5.52 Å². The van der Waals surface area contributed by atoms with Gasteiger partial charge in [0.2, 0.25) is 5.28 Å². The van der Waals surface area contributed by atoms with E-state index in [9.17, 15) is 13.2 Å². The standard InChI is InChI=1S/C14H7ClF3N3/c15-14-19-11-4-2-1-3-8(11)13(21-14)20-12-9(17)5-7(16)6-10(12)18/h1-6H,(H,19,20,21). The van der Waals surface area contributed by atoms with E-state index in [1.165, 1.54) is 0 Å². The first-order valence-corrected chi connectivity index (χ1v) is 6.26. The molecule has 2 aromatic carbocycles. The number of nitrogens with zero attached hydrogens (tertiary/aromatic N) is 2. The Morgan fingerprint density at radius 1 is 0.952 bits per heavy atom. The van der Waals surface area contributed by atoms with Crippen LogP contribution >= 0.6 is 11.6 Å². The van der Waals surface area contributed by atoms with Crippen LogP contribution in [0, 0.1) is 17.5 Å². The van der Waals surface area contributed by atoms with Crippen LogP contribution in [0.15, 0.2) is 36.4 Å². The van der Waals surface area contributed by atoms with Crippen LogP contribution in [0.2, 0.25) is 5.28 Å². The largest absolute Gasteiger partial charge is 0.335 e. The summed E-state index contributed by atoms with van der Waals surface area (Å²) in [7, 11) is 0. The molecule has 21 heavy (non-hydrogen) atoms. The fourth-order valence-corrected chi connectivity index (χ4v) is 2.10. The van der Waals surface area contributed by atoms with E-state index in [1.54, 1.807) is 24.3 Å². The maximum Gasteiger partial charge on any atom is 0.224 e. The summed E-state index contributed by atoms with van der Waals surface area (Å²) in [5.41, 5.74) is 0.0132. The molecule has 0 bridgehead atoms. The van der Waals surface area contributed by atoms with Gasteiger partial charge in [0, 0.05) is 17.5 Å². The van der Waals surface area contributed by atoms with Crippen LogP contribution < -0.4 is 5.32 Å². The Balaban J connectivity index is 2.15. The lowest BCUT2D eigenvalue weighted by Gasteiger charge is -2.10. The van der Waals surface area contributed by atoms with E-state index >= 15 is 0 Å². The van der Waals surface area contributed by atoms with E-state index in [1.807, 2.05) is 0 Å². The highest BCUT2D eigenvalue weighted by Gasteiger charge is 2.14.